The highest BCUT2D eigenvalue weighted by atomic mass is 32.2. The van der Waals surface area contributed by atoms with Gasteiger partial charge in [0.25, 0.3) is 0 Å². The molecule has 0 aliphatic heterocycles. The molecule has 170 valence electrons. The second kappa shape index (κ2) is 10.1. The molecule has 32 heavy (non-hydrogen) atoms. The van der Waals surface area contributed by atoms with Crippen LogP contribution in [0.3, 0.4) is 0 Å². The number of thioether (sulfide) groups is 1. The van der Waals surface area contributed by atoms with Crippen LogP contribution in [0.4, 0.5) is 18.9 Å². The molecular weight excluding hydrogens is 437 g/mol. The van der Waals surface area contributed by atoms with Gasteiger partial charge in [0.1, 0.15) is 6.54 Å². The molecule has 0 saturated carbocycles. The van der Waals surface area contributed by atoms with E-state index in [-0.39, 0.29) is 16.8 Å². The number of carbonyl (C=O) groups is 1. The van der Waals surface area contributed by atoms with Crippen LogP contribution < -0.4 is 4.90 Å². The maximum atomic E-state index is 13.2. The molecule has 5 nitrogen and oxygen atoms in total. The molecule has 3 aromatic rings. The molecule has 0 fully saturated rings. The van der Waals surface area contributed by atoms with Gasteiger partial charge < -0.3 is 14.4 Å². The second-order valence-electron chi connectivity index (χ2n) is 7.59. The Morgan fingerprint density at radius 2 is 1.69 bits per heavy atom. The summed E-state index contributed by atoms with van der Waals surface area (Å²) in [4.78, 5) is 20.3. The van der Waals surface area contributed by atoms with E-state index in [0.29, 0.717) is 17.8 Å². The van der Waals surface area contributed by atoms with Gasteiger partial charge in [-0.05, 0) is 23.3 Å². The highest BCUT2D eigenvalue weighted by Gasteiger charge is 2.31. The molecule has 0 atom stereocenters. The Hall–Kier alpha value is -2.94. The Labute approximate surface area is 189 Å². The van der Waals surface area contributed by atoms with Crippen LogP contribution in [0, 0.1) is 0 Å². The van der Waals surface area contributed by atoms with Crippen molar-refractivity contribution in [2.45, 2.75) is 24.4 Å². The fourth-order valence-corrected chi connectivity index (χ4v) is 4.06. The normalized spacial score (nSPS) is 11.4. The third-order valence-electron chi connectivity index (χ3n) is 4.85. The molecule has 0 radical (unpaired) electrons. The molecule has 0 aliphatic carbocycles. The predicted molar refractivity (Wildman–Crippen MR) is 122 cm³/mol. The molecule has 1 aromatic heterocycles. The third-order valence-corrected chi connectivity index (χ3v) is 5.82. The van der Waals surface area contributed by atoms with Crippen molar-refractivity contribution in [2.75, 3.05) is 31.8 Å². The molecule has 0 spiro atoms. The van der Waals surface area contributed by atoms with Crippen molar-refractivity contribution in [1.29, 1.82) is 0 Å². The van der Waals surface area contributed by atoms with Gasteiger partial charge in [-0.3, -0.25) is 4.79 Å². The lowest BCUT2D eigenvalue weighted by atomic mass is 10.2. The maximum absolute atomic E-state index is 13.2. The van der Waals surface area contributed by atoms with Gasteiger partial charge in [0.2, 0.25) is 5.91 Å². The number of halogens is 3. The number of hydrogen-bond donors (Lipinski definition) is 0. The topological polar surface area (TPSA) is 41.4 Å². The summed E-state index contributed by atoms with van der Waals surface area (Å²) in [6, 6.07) is 16.6. The second-order valence-corrected chi connectivity index (χ2v) is 8.54. The van der Waals surface area contributed by atoms with Gasteiger partial charge in [0.15, 0.2) is 5.16 Å². The molecule has 1 amide bonds. The molecule has 2 aromatic carbocycles. The minimum atomic E-state index is -4.40. The fourth-order valence-electron chi connectivity index (χ4n) is 3.14. The molecule has 0 saturated heterocycles. The number of rotatable bonds is 8. The van der Waals surface area contributed by atoms with Crippen molar-refractivity contribution in [3.63, 3.8) is 0 Å². The Morgan fingerprint density at radius 3 is 2.28 bits per heavy atom. The number of amides is 1. The molecule has 1 heterocycles. The smallest absolute Gasteiger partial charge is 0.378 e. The maximum Gasteiger partial charge on any atom is 0.406 e. The summed E-state index contributed by atoms with van der Waals surface area (Å²) in [5.41, 5.74) is 3.04. The van der Waals surface area contributed by atoms with E-state index in [2.05, 4.69) is 4.98 Å². The first kappa shape index (κ1) is 23.7. The zero-order chi connectivity index (χ0) is 23.3. The van der Waals surface area contributed by atoms with Gasteiger partial charge in [-0.2, -0.15) is 13.2 Å². The van der Waals surface area contributed by atoms with Crippen LogP contribution in [-0.4, -0.2) is 53.4 Å². The summed E-state index contributed by atoms with van der Waals surface area (Å²) in [7, 11) is 5.59. The molecule has 9 heteroatoms. The van der Waals surface area contributed by atoms with Crippen LogP contribution in [0.1, 0.15) is 5.56 Å². The largest absolute Gasteiger partial charge is 0.406 e. The standard InChI is InChI=1S/C23H25F3N4OS/c1-28(2)19-11-9-17(10-12-19)14-29(3)21(31)15-32-22-27-13-20(18-7-5-4-6-8-18)30(22)16-23(24,25)26/h4-13H,14-16H2,1-3H3. The number of aromatic nitrogens is 2. The van der Waals surface area contributed by atoms with Crippen molar-refractivity contribution >= 4 is 23.4 Å². The van der Waals surface area contributed by atoms with Crippen LogP contribution in [0.25, 0.3) is 11.3 Å². The van der Waals surface area contributed by atoms with Gasteiger partial charge in [-0.1, -0.05) is 54.2 Å². The number of nitrogens with zero attached hydrogens (tertiary/aromatic N) is 4. The summed E-state index contributed by atoms with van der Waals surface area (Å²) in [5.74, 6) is -0.190. The molecule has 0 bridgehead atoms. The van der Waals surface area contributed by atoms with Crippen molar-refractivity contribution in [2.24, 2.45) is 0 Å². The SMILES string of the molecule is CN(Cc1ccc(N(C)C)cc1)C(=O)CSc1ncc(-c2ccccc2)n1CC(F)(F)F. The summed E-state index contributed by atoms with van der Waals surface area (Å²) < 4.78 is 40.7. The van der Waals surface area contributed by atoms with Crippen molar-refractivity contribution in [3.05, 3.63) is 66.4 Å². The van der Waals surface area contributed by atoms with E-state index >= 15 is 0 Å². The van der Waals surface area contributed by atoms with E-state index < -0.39 is 12.7 Å². The number of carbonyl (C=O) groups excluding carboxylic acids is 1. The highest BCUT2D eigenvalue weighted by molar-refractivity contribution is 7.99. The molecule has 0 unspecified atom stereocenters. The van der Waals surface area contributed by atoms with Gasteiger partial charge in [0, 0.05) is 33.4 Å². The van der Waals surface area contributed by atoms with E-state index in [4.69, 9.17) is 0 Å². The van der Waals surface area contributed by atoms with Crippen LogP contribution in [-0.2, 0) is 17.9 Å². The van der Waals surface area contributed by atoms with Gasteiger partial charge in [-0.15, -0.1) is 0 Å². The number of anilines is 1. The Balaban J connectivity index is 1.68. The van der Waals surface area contributed by atoms with E-state index in [1.807, 2.05) is 43.3 Å². The lowest BCUT2D eigenvalue weighted by Gasteiger charge is -2.19. The quantitative estimate of drug-likeness (QED) is 0.445. The summed E-state index contributed by atoms with van der Waals surface area (Å²) in [5, 5.41) is 0.165. The lowest BCUT2D eigenvalue weighted by molar-refractivity contribution is -0.141. The Kier molecular flexibility index (Phi) is 7.50. The van der Waals surface area contributed by atoms with E-state index in [9.17, 15) is 18.0 Å². The van der Waals surface area contributed by atoms with E-state index in [1.165, 1.54) is 6.20 Å². The van der Waals surface area contributed by atoms with Gasteiger partial charge in [-0.25, -0.2) is 4.98 Å². The van der Waals surface area contributed by atoms with Crippen LogP contribution in [0.2, 0.25) is 0 Å². The summed E-state index contributed by atoms with van der Waals surface area (Å²) in [6.07, 6.45) is -2.98. The van der Waals surface area contributed by atoms with E-state index in [0.717, 1.165) is 27.6 Å². The summed E-state index contributed by atoms with van der Waals surface area (Å²) in [6.45, 7) is -0.749. The van der Waals surface area contributed by atoms with Gasteiger partial charge in [0.05, 0.1) is 17.6 Å². The first-order valence-corrected chi connectivity index (χ1v) is 10.9. The molecule has 0 N–H and O–H groups in total. The zero-order valence-electron chi connectivity index (χ0n) is 18.1. The Morgan fingerprint density at radius 1 is 1.03 bits per heavy atom. The van der Waals surface area contributed by atoms with Crippen molar-refractivity contribution in [1.82, 2.24) is 14.5 Å². The number of benzene rings is 2. The average Bonchev–Trinajstić information content (AvgIpc) is 3.13. The minimum absolute atomic E-state index is 0.00458. The van der Waals surface area contributed by atoms with E-state index in [1.54, 1.807) is 42.3 Å². The molecule has 3 rings (SSSR count). The summed E-state index contributed by atoms with van der Waals surface area (Å²) >= 11 is 1.01. The zero-order valence-corrected chi connectivity index (χ0v) is 19.0. The third kappa shape index (κ3) is 6.29. The number of hydrogen-bond acceptors (Lipinski definition) is 4. The highest BCUT2D eigenvalue weighted by Crippen LogP contribution is 2.30. The molecule has 0 aliphatic rings. The average molecular weight is 463 g/mol. The first-order chi connectivity index (χ1) is 15.1. The minimum Gasteiger partial charge on any atom is -0.378 e. The lowest BCUT2D eigenvalue weighted by Crippen LogP contribution is -2.28. The van der Waals surface area contributed by atoms with Crippen LogP contribution in [0.5, 0.6) is 0 Å². The number of alkyl halides is 3. The van der Waals surface area contributed by atoms with Crippen LogP contribution >= 0.6 is 11.8 Å². The first-order valence-electron chi connectivity index (χ1n) is 9.95. The predicted octanol–water partition coefficient (Wildman–Crippen LogP) is 4.93. The fraction of sp³-hybridized carbons (Fsp3) is 0.304. The monoisotopic (exact) mass is 462 g/mol. The van der Waals surface area contributed by atoms with Crippen LogP contribution in [0.15, 0.2) is 66.0 Å². The van der Waals surface area contributed by atoms with Crippen molar-refractivity contribution < 1.29 is 18.0 Å². The van der Waals surface area contributed by atoms with Crippen molar-refractivity contribution in [3.8, 4) is 11.3 Å². The Bertz CT molecular complexity index is 1030. The van der Waals surface area contributed by atoms with Gasteiger partial charge >= 0.3 is 6.18 Å². The number of imidazole rings is 1. The molecular formula is C23H25F3N4OS.